The van der Waals surface area contributed by atoms with E-state index in [2.05, 4.69) is 16.9 Å². The second kappa shape index (κ2) is 5.41. The minimum atomic E-state index is -0.453. The highest BCUT2D eigenvalue weighted by Gasteiger charge is 2.33. The fraction of sp³-hybridized carbons (Fsp3) is 0.917. The Morgan fingerprint density at radius 3 is 2.53 bits per heavy atom. The molecule has 1 fully saturated rings. The summed E-state index contributed by atoms with van der Waals surface area (Å²) >= 11 is 0. The van der Waals surface area contributed by atoms with Crippen LogP contribution in [0.2, 0.25) is 0 Å². The molecule has 1 aliphatic carbocycles. The van der Waals surface area contributed by atoms with Crippen molar-refractivity contribution in [2.45, 2.75) is 58.6 Å². The van der Waals surface area contributed by atoms with Crippen LogP contribution in [0.5, 0.6) is 0 Å². The number of rotatable bonds is 2. The fourth-order valence-corrected chi connectivity index (χ4v) is 2.31. The van der Waals surface area contributed by atoms with Crippen molar-refractivity contribution in [1.29, 1.82) is 0 Å². The molecule has 0 aliphatic heterocycles. The van der Waals surface area contributed by atoms with E-state index in [0.717, 1.165) is 12.8 Å². The number of ether oxygens (including phenoxy) is 1. The molecule has 5 nitrogen and oxygen atoms in total. The van der Waals surface area contributed by atoms with Crippen molar-refractivity contribution in [3.05, 3.63) is 10.4 Å². The van der Waals surface area contributed by atoms with Gasteiger partial charge in [0.15, 0.2) is 0 Å². The van der Waals surface area contributed by atoms with E-state index < -0.39 is 5.60 Å². The zero-order chi connectivity index (χ0) is 13.1. The maximum Gasteiger partial charge on any atom is 0.309 e. The van der Waals surface area contributed by atoms with Crippen LogP contribution in [-0.2, 0) is 9.53 Å². The van der Waals surface area contributed by atoms with Crippen molar-refractivity contribution in [2.24, 2.45) is 17.0 Å². The zero-order valence-electron chi connectivity index (χ0n) is 11.0. The van der Waals surface area contributed by atoms with Crippen molar-refractivity contribution < 1.29 is 9.53 Å². The van der Waals surface area contributed by atoms with E-state index in [0.29, 0.717) is 12.3 Å². The summed E-state index contributed by atoms with van der Waals surface area (Å²) in [6, 6.07) is -0.0683. The standard InChI is InChI=1S/C12H21N3O2/c1-8-5-9(7-10(6-8)14-15-13)11(16)17-12(2,3)4/h8-10H,5-7H2,1-4H3/t8-,9?,10+/m0/s1. The predicted octanol–water partition coefficient (Wildman–Crippen LogP) is 3.44. The van der Waals surface area contributed by atoms with E-state index >= 15 is 0 Å². The Labute approximate surface area is 102 Å². The van der Waals surface area contributed by atoms with Crippen molar-refractivity contribution in [1.82, 2.24) is 0 Å². The summed E-state index contributed by atoms with van der Waals surface area (Å²) in [7, 11) is 0. The van der Waals surface area contributed by atoms with Crippen LogP contribution in [0.15, 0.2) is 5.11 Å². The molecule has 5 heteroatoms. The van der Waals surface area contributed by atoms with Crippen LogP contribution in [0.25, 0.3) is 10.4 Å². The number of carbonyl (C=O) groups excluding carboxylic acids is 1. The first-order valence-electron chi connectivity index (χ1n) is 6.09. The van der Waals surface area contributed by atoms with Crippen LogP contribution in [0.3, 0.4) is 0 Å². The van der Waals surface area contributed by atoms with E-state index in [-0.39, 0.29) is 17.9 Å². The molecule has 0 N–H and O–H groups in total. The Morgan fingerprint density at radius 1 is 1.35 bits per heavy atom. The monoisotopic (exact) mass is 239 g/mol. The Morgan fingerprint density at radius 2 is 2.00 bits per heavy atom. The van der Waals surface area contributed by atoms with E-state index in [9.17, 15) is 4.79 Å². The molecule has 0 amide bonds. The molecule has 96 valence electrons. The van der Waals surface area contributed by atoms with Gasteiger partial charge in [-0.15, -0.1) is 0 Å². The lowest BCUT2D eigenvalue weighted by Crippen LogP contribution is -2.34. The van der Waals surface area contributed by atoms with Crippen molar-refractivity contribution in [3.8, 4) is 0 Å². The van der Waals surface area contributed by atoms with Crippen LogP contribution >= 0.6 is 0 Å². The van der Waals surface area contributed by atoms with Crippen molar-refractivity contribution in [2.75, 3.05) is 0 Å². The van der Waals surface area contributed by atoms with Gasteiger partial charge in [-0.05, 0) is 51.5 Å². The second-order valence-electron chi connectivity index (χ2n) is 5.90. The third kappa shape index (κ3) is 4.65. The Kier molecular flexibility index (Phi) is 4.40. The molecular weight excluding hydrogens is 218 g/mol. The fourth-order valence-electron chi connectivity index (χ4n) is 2.31. The number of carbonyl (C=O) groups is 1. The number of azide groups is 1. The minimum absolute atomic E-state index is 0.0683. The van der Waals surface area contributed by atoms with Crippen LogP contribution in [0.1, 0.15) is 47.0 Å². The average Bonchev–Trinajstić information content (AvgIpc) is 2.14. The lowest BCUT2D eigenvalue weighted by molar-refractivity contribution is -0.161. The first-order valence-corrected chi connectivity index (χ1v) is 6.09. The highest BCUT2D eigenvalue weighted by atomic mass is 16.6. The van der Waals surface area contributed by atoms with Gasteiger partial charge in [0.05, 0.1) is 5.92 Å². The molecular formula is C12H21N3O2. The van der Waals surface area contributed by atoms with Gasteiger partial charge in [-0.3, -0.25) is 4.79 Å². The van der Waals surface area contributed by atoms with Crippen LogP contribution in [0, 0.1) is 11.8 Å². The quantitative estimate of drug-likeness (QED) is 0.320. The molecule has 0 radical (unpaired) electrons. The molecule has 3 atom stereocenters. The maximum absolute atomic E-state index is 12.0. The molecule has 0 aromatic heterocycles. The topological polar surface area (TPSA) is 75.1 Å². The van der Waals surface area contributed by atoms with E-state index in [1.165, 1.54) is 0 Å². The van der Waals surface area contributed by atoms with Gasteiger partial charge in [-0.2, -0.15) is 0 Å². The summed E-state index contributed by atoms with van der Waals surface area (Å²) in [5, 5.41) is 3.74. The minimum Gasteiger partial charge on any atom is -0.460 e. The lowest BCUT2D eigenvalue weighted by atomic mass is 9.80. The number of hydrogen-bond donors (Lipinski definition) is 0. The number of nitrogens with zero attached hydrogens (tertiary/aromatic N) is 3. The summed E-state index contributed by atoms with van der Waals surface area (Å²) in [5.74, 6) is 0.104. The van der Waals surface area contributed by atoms with Crippen molar-refractivity contribution >= 4 is 5.97 Å². The lowest BCUT2D eigenvalue weighted by Gasteiger charge is -2.31. The van der Waals surface area contributed by atoms with Gasteiger partial charge in [0.2, 0.25) is 0 Å². The third-order valence-corrected chi connectivity index (χ3v) is 2.87. The van der Waals surface area contributed by atoms with Crippen molar-refractivity contribution in [3.63, 3.8) is 0 Å². The van der Waals surface area contributed by atoms with E-state index in [1.54, 1.807) is 0 Å². The molecule has 1 unspecified atom stereocenters. The van der Waals surface area contributed by atoms with E-state index in [1.807, 2.05) is 20.8 Å². The van der Waals surface area contributed by atoms with Gasteiger partial charge in [0.25, 0.3) is 0 Å². The molecule has 0 saturated heterocycles. The largest absolute Gasteiger partial charge is 0.460 e. The highest BCUT2D eigenvalue weighted by molar-refractivity contribution is 5.73. The Balaban J connectivity index is 2.64. The zero-order valence-corrected chi connectivity index (χ0v) is 11.0. The van der Waals surface area contributed by atoms with Gasteiger partial charge in [-0.1, -0.05) is 12.0 Å². The molecule has 0 bridgehead atoms. The molecule has 0 aromatic rings. The van der Waals surface area contributed by atoms with Crippen LogP contribution < -0.4 is 0 Å². The molecule has 17 heavy (non-hydrogen) atoms. The second-order valence-corrected chi connectivity index (χ2v) is 5.90. The molecule has 0 aromatic carbocycles. The third-order valence-electron chi connectivity index (χ3n) is 2.87. The van der Waals surface area contributed by atoms with Gasteiger partial charge >= 0.3 is 5.97 Å². The number of esters is 1. The maximum atomic E-state index is 12.0. The van der Waals surface area contributed by atoms with Gasteiger partial charge in [0, 0.05) is 11.0 Å². The molecule has 0 heterocycles. The molecule has 1 aliphatic rings. The predicted molar refractivity (Wildman–Crippen MR) is 65.3 cm³/mol. The first kappa shape index (κ1) is 13.8. The summed E-state index contributed by atoms with van der Waals surface area (Å²) in [6.45, 7) is 7.67. The summed E-state index contributed by atoms with van der Waals surface area (Å²) in [5.41, 5.74) is 8.01. The molecule has 1 rings (SSSR count). The summed E-state index contributed by atoms with van der Waals surface area (Å²) < 4.78 is 5.38. The SMILES string of the molecule is C[C@H]1CC(C(=O)OC(C)(C)C)C[C@H](N=[N+]=[N-])C1. The van der Waals surface area contributed by atoms with Gasteiger partial charge in [0.1, 0.15) is 5.60 Å². The van der Waals surface area contributed by atoms with Crippen LogP contribution in [-0.4, -0.2) is 17.6 Å². The summed E-state index contributed by atoms with van der Waals surface area (Å²) in [6.07, 6.45) is 2.30. The average molecular weight is 239 g/mol. The molecule has 0 spiro atoms. The molecule has 1 saturated carbocycles. The van der Waals surface area contributed by atoms with Crippen LogP contribution in [0.4, 0.5) is 0 Å². The number of hydrogen-bond acceptors (Lipinski definition) is 3. The Hall–Kier alpha value is -1.22. The van der Waals surface area contributed by atoms with Gasteiger partial charge < -0.3 is 4.74 Å². The van der Waals surface area contributed by atoms with E-state index in [4.69, 9.17) is 10.3 Å². The summed E-state index contributed by atoms with van der Waals surface area (Å²) in [4.78, 5) is 14.8. The highest BCUT2D eigenvalue weighted by Crippen LogP contribution is 2.32. The normalized spacial score (nSPS) is 29.3. The Bertz CT molecular complexity index is 329. The van der Waals surface area contributed by atoms with Gasteiger partial charge in [-0.25, -0.2) is 0 Å². The first-order chi connectivity index (χ1) is 7.81. The smallest absolute Gasteiger partial charge is 0.309 e.